The quantitative estimate of drug-likeness (QED) is 0.642. The van der Waals surface area contributed by atoms with Gasteiger partial charge < -0.3 is 13.9 Å². The van der Waals surface area contributed by atoms with Crippen LogP contribution < -0.4 is 9.47 Å². The Balaban J connectivity index is 1.61. The number of rotatable bonds is 9. The maximum Gasteiger partial charge on any atom is 0.119 e. The molecule has 20 heavy (non-hydrogen) atoms. The monoisotopic (exact) mass is 292 g/mol. The second kappa shape index (κ2) is 8.59. The van der Waals surface area contributed by atoms with Crippen LogP contribution in [0.25, 0.3) is 0 Å². The minimum absolute atomic E-state index is 0.695. The molecule has 1 aromatic carbocycles. The van der Waals surface area contributed by atoms with E-state index in [0.717, 1.165) is 41.8 Å². The van der Waals surface area contributed by atoms with Crippen LogP contribution in [0.5, 0.6) is 11.5 Å². The van der Waals surface area contributed by atoms with Gasteiger partial charge in [-0.1, -0.05) is 6.92 Å². The summed E-state index contributed by atoms with van der Waals surface area (Å²) in [5, 5.41) is 0. The van der Waals surface area contributed by atoms with Crippen molar-refractivity contribution >= 4 is 11.8 Å². The maximum atomic E-state index is 5.68. The van der Waals surface area contributed by atoms with Gasteiger partial charge in [0.15, 0.2) is 0 Å². The highest BCUT2D eigenvalue weighted by atomic mass is 32.2. The summed E-state index contributed by atoms with van der Waals surface area (Å²) in [6.45, 7) is 3.54. The Hall–Kier alpha value is -1.55. The molecule has 4 heteroatoms. The van der Waals surface area contributed by atoms with E-state index in [4.69, 9.17) is 13.9 Å². The van der Waals surface area contributed by atoms with Gasteiger partial charge in [0.2, 0.25) is 0 Å². The van der Waals surface area contributed by atoms with E-state index in [9.17, 15) is 0 Å². The van der Waals surface area contributed by atoms with Crippen molar-refractivity contribution in [2.45, 2.75) is 19.1 Å². The van der Waals surface area contributed by atoms with Gasteiger partial charge in [0.05, 0.1) is 25.2 Å². The molecule has 0 saturated carbocycles. The van der Waals surface area contributed by atoms with Crippen molar-refractivity contribution < 1.29 is 13.9 Å². The standard InChI is InChI=1S/C16H20O3S/c1-2-9-17-14-5-7-15(8-6-14)19-11-12-20-13-16-4-3-10-18-16/h3-8,10H,2,9,11-13H2,1H3. The summed E-state index contributed by atoms with van der Waals surface area (Å²) < 4.78 is 16.5. The Labute approximate surface area is 124 Å². The molecule has 2 rings (SSSR count). The Kier molecular flexibility index (Phi) is 6.38. The molecule has 0 spiro atoms. The van der Waals surface area contributed by atoms with Gasteiger partial charge in [-0.05, 0) is 42.8 Å². The largest absolute Gasteiger partial charge is 0.494 e. The first kappa shape index (κ1) is 14.9. The number of furan rings is 1. The molecule has 0 unspecified atom stereocenters. The predicted molar refractivity (Wildman–Crippen MR) is 82.6 cm³/mol. The molecule has 0 fully saturated rings. The lowest BCUT2D eigenvalue weighted by atomic mass is 10.3. The lowest BCUT2D eigenvalue weighted by Crippen LogP contribution is -2.00. The molecule has 0 bridgehead atoms. The van der Waals surface area contributed by atoms with Gasteiger partial charge >= 0.3 is 0 Å². The lowest BCUT2D eigenvalue weighted by Gasteiger charge is -2.07. The van der Waals surface area contributed by atoms with Gasteiger partial charge in [-0.15, -0.1) is 0 Å². The van der Waals surface area contributed by atoms with Crippen LogP contribution in [-0.2, 0) is 5.75 Å². The Morgan fingerprint density at radius 2 is 1.70 bits per heavy atom. The van der Waals surface area contributed by atoms with Gasteiger partial charge in [0.1, 0.15) is 17.3 Å². The highest BCUT2D eigenvalue weighted by Crippen LogP contribution is 2.18. The van der Waals surface area contributed by atoms with Crippen molar-refractivity contribution in [2.24, 2.45) is 0 Å². The summed E-state index contributed by atoms with van der Waals surface area (Å²) >= 11 is 1.80. The molecule has 0 atom stereocenters. The number of hydrogen-bond acceptors (Lipinski definition) is 4. The van der Waals surface area contributed by atoms with Crippen LogP contribution in [0.3, 0.4) is 0 Å². The Bertz CT molecular complexity index is 465. The average molecular weight is 292 g/mol. The van der Waals surface area contributed by atoms with Crippen LogP contribution in [0.4, 0.5) is 0 Å². The first-order chi connectivity index (χ1) is 9.88. The zero-order valence-corrected chi connectivity index (χ0v) is 12.5. The van der Waals surface area contributed by atoms with Gasteiger partial charge in [-0.25, -0.2) is 0 Å². The highest BCUT2D eigenvalue weighted by molar-refractivity contribution is 7.98. The minimum atomic E-state index is 0.695. The molecule has 2 aromatic rings. The van der Waals surface area contributed by atoms with E-state index < -0.39 is 0 Å². The number of hydrogen-bond donors (Lipinski definition) is 0. The van der Waals surface area contributed by atoms with Crippen molar-refractivity contribution in [1.29, 1.82) is 0 Å². The van der Waals surface area contributed by atoms with Crippen LogP contribution in [0, 0.1) is 0 Å². The third-order valence-corrected chi connectivity index (χ3v) is 3.56. The van der Waals surface area contributed by atoms with Crippen molar-refractivity contribution in [1.82, 2.24) is 0 Å². The van der Waals surface area contributed by atoms with Gasteiger partial charge in [0, 0.05) is 5.75 Å². The third-order valence-electron chi connectivity index (χ3n) is 2.62. The molecule has 0 aliphatic rings. The summed E-state index contributed by atoms with van der Waals surface area (Å²) in [4.78, 5) is 0. The van der Waals surface area contributed by atoms with Gasteiger partial charge in [0.25, 0.3) is 0 Å². The number of benzene rings is 1. The third kappa shape index (κ3) is 5.21. The fourth-order valence-corrected chi connectivity index (χ4v) is 2.35. The molecule has 0 aliphatic heterocycles. The van der Waals surface area contributed by atoms with Crippen molar-refractivity contribution in [3.8, 4) is 11.5 Å². The van der Waals surface area contributed by atoms with Crippen molar-refractivity contribution in [3.05, 3.63) is 48.4 Å². The molecule has 0 aliphatic carbocycles. The molecule has 108 valence electrons. The van der Waals surface area contributed by atoms with E-state index in [1.165, 1.54) is 0 Å². The SMILES string of the molecule is CCCOc1ccc(OCCSCc2ccco2)cc1. The zero-order chi connectivity index (χ0) is 14.0. The molecule has 0 radical (unpaired) electrons. The molecule has 1 heterocycles. The molecule has 0 saturated heterocycles. The second-order valence-electron chi connectivity index (χ2n) is 4.30. The zero-order valence-electron chi connectivity index (χ0n) is 11.7. The number of ether oxygens (including phenoxy) is 2. The fourth-order valence-electron chi connectivity index (χ4n) is 1.64. The summed E-state index contributed by atoms with van der Waals surface area (Å²) in [5.74, 6) is 4.61. The lowest BCUT2D eigenvalue weighted by molar-refractivity contribution is 0.314. The fraction of sp³-hybridized carbons (Fsp3) is 0.375. The van der Waals surface area contributed by atoms with Gasteiger partial charge in [-0.2, -0.15) is 11.8 Å². The van der Waals surface area contributed by atoms with E-state index >= 15 is 0 Å². The first-order valence-corrected chi connectivity index (χ1v) is 7.99. The van der Waals surface area contributed by atoms with E-state index in [1.807, 2.05) is 36.4 Å². The molecule has 3 nitrogen and oxygen atoms in total. The molecular weight excluding hydrogens is 272 g/mol. The van der Waals surface area contributed by atoms with Crippen LogP contribution in [0.2, 0.25) is 0 Å². The van der Waals surface area contributed by atoms with Crippen LogP contribution >= 0.6 is 11.8 Å². The van der Waals surface area contributed by atoms with Crippen LogP contribution in [-0.4, -0.2) is 19.0 Å². The van der Waals surface area contributed by atoms with E-state index in [-0.39, 0.29) is 0 Å². The van der Waals surface area contributed by atoms with Crippen molar-refractivity contribution in [2.75, 3.05) is 19.0 Å². The minimum Gasteiger partial charge on any atom is -0.494 e. The van der Waals surface area contributed by atoms with E-state index in [2.05, 4.69) is 6.92 Å². The normalized spacial score (nSPS) is 10.4. The molecular formula is C16H20O3S. The maximum absolute atomic E-state index is 5.68. The summed E-state index contributed by atoms with van der Waals surface area (Å²) in [6.07, 6.45) is 2.72. The summed E-state index contributed by atoms with van der Waals surface area (Å²) in [5.41, 5.74) is 0. The molecule has 0 amide bonds. The molecule has 0 N–H and O–H groups in total. The number of thioether (sulfide) groups is 1. The van der Waals surface area contributed by atoms with Crippen molar-refractivity contribution in [3.63, 3.8) is 0 Å². The summed E-state index contributed by atoms with van der Waals surface area (Å²) in [6, 6.07) is 11.7. The Morgan fingerprint density at radius 3 is 2.30 bits per heavy atom. The Morgan fingerprint density at radius 1 is 1.00 bits per heavy atom. The molecule has 1 aromatic heterocycles. The topological polar surface area (TPSA) is 31.6 Å². The van der Waals surface area contributed by atoms with E-state index in [1.54, 1.807) is 18.0 Å². The first-order valence-electron chi connectivity index (χ1n) is 6.84. The van der Waals surface area contributed by atoms with Crippen LogP contribution in [0.1, 0.15) is 19.1 Å². The van der Waals surface area contributed by atoms with E-state index in [0.29, 0.717) is 6.61 Å². The average Bonchev–Trinajstić information content (AvgIpc) is 2.99. The second-order valence-corrected chi connectivity index (χ2v) is 5.41. The van der Waals surface area contributed by atoms with Crippen LogP contribution in [0.15, 0.2) is 47.1 Å². The highest BCUT2D eigenvalue weighted by Gasteiger charge is 1.98. The smallest absolute Gasteiger partial charge is 0.119 e. The summed E-state index contributed by atoms with van der Waals surface area (Å²) in [7, 11) is 0. The van der Waals surface area contributed by atoms with Gasteiger partial charge in [-0.3, -0.25) is 0 Å². The predicted octanol–water partition coefficient (Wildman–Crippen LogP) is 4.38.